The number of nitrogens with one attached hydrogen (secondary N) is 4. The molecular formula is C36H42N8O3. The normalized spacial score (nSPS) is 21.0. The summed E-state index contributed by atoms with van der Waals surface area (Å²) in [5, 5.41) is 23.0. The van der Waals surface area contributed by atoms with Crippen LogP contribution in [0.1, 0.15) is 80.5 Å². The largest absolute Gasteiger partial charge is 0.349 e. The molecule has 3 atom stereocenters. The van der Waals surface area contributed by atoms with Crippen molar-refractivity contribution >= 4 is 23.5 Å². The second kappa shape index (κ2) is 14.1. The van der Waals surface area contributed by atoms with Crippen LogP contribution >= 0.6 is 0 Å². The fourth-order valence-corrected chi connectivity index (χ4v) is 7.17. The molecule has 244 valence electrons. The molecule has 3 aromatic carbocycles. The second-order valence-corrected chi connectivity index (χ2v) is 13.1. The number of anilines is 1. The van der Waals surface area contributed by atoms with Gasteiger partial charge in [-0.15, -0.1) is 5.10 Å². The Morgan fingerprint density at radius 1 is 0.957 bits per heavy atom. The molecule has 1 saturated heterocycles. The first-order valence-electron chi connectivity index (χ1n) is 16.4. The minimum atomic E-state index is -0.868. The molecule has 1 saturated carbocycles. The zero-order valence-electron chi connectivity index (χ0n) is 26.9. The molecule has 0 bridgehead atoms. The summed E-state index contributed by atoms with van der Waals surface area (Å²) in [6.07, 6.45) is 6.15. The summed E-state index contributed by atoms with van der Waals surface area (Å²) in [4.78, 5) is 43.5. The van der Waals surface area contributed by atoms with E-state index in [9.17, 15) is 14.4 Å². The van der Waals surface area contributed by atoms with Crippen LogP contribution in [0.15, 0.2) is 78.9 Å². The summed E-state index contributed by atoms with van der Waals surface area (Å²) >= 11 is 0. The Balaban J connectivity index is 1.30. The number of hydrogen-bond acceptors (Lipinski definition) is 6. The lowest BCUT2D eigenvalue weighted by Gasteiger charge is -2.37. The van der Waals surface area contributed by atoms with Crippen LogP contribution in [0, 0.1) is 6.92 Å². The monoisotopic (exact) mass is 634 g/mol. The number of carbonyl (C=O) groups is 3. The zero-order valence-corrected chi connectivity index (χ0v) is 26.9. The molecule has 1 aliphatic heterocycles. The van der Waals surface area contributed by atoms with E-state index in [1.165, 1.54) is 6.42 Å². The molecule has 4 aromatic rings. The third kappa shape index (κ3) is 7.67. The van der Waals surface area contributed by atoms with E-state index in [4.69, 9.17) is 0 Å². The fourth-order valence-electron chi connectivity index (χ4n) is 7.17. The molecule has 2 heterocycles. The molecule has 1 aromatic heterocycles. The predicted octanol–water partition coefficient (Wildman–Crippen LogP) is 5.65. The van der Waals surface area contributed by atoms with E-state index >= 15 is 0 Å². The zero-order chi connectivity index (χ0) is 32.8. The summed E-state index contributed by atoms with van der Waals surface area (Å²) in [5.74, 6) is -0.0469. The lowest BCUT2D eigenvalue weighted by Crippen LogP contribution is -2.54. The highest BCUT2D eigenvalue weighted by atomic mass is 16.2. The van der Waals surface area contributed by atoms with Crippen molar-refractivity contribution in [2.24, 2.45) is 0 Å². The van der Waals surface area contributed by atoms with Crippen molar-refractivity contribution in [1.82, 2.24) is 36.2 Å². The van der Waals surface area contributed by atoms with Gasteiger partial charge in [0.05, 0.1) is 6.04 Å². The number of H-pyrrole nitrogens is 1. The molecule has 3 unspecified atom stereocenters. The first-order valence-corrected chi connectivity index (χ1v) is 16.4. The maximum absolute atomic E-state index is 14.6. The maximum Gasteiger partial charge on any atom is 0.319 e. The van der Waals surface area contributed by atoms with Crippen molar-refractivity contribution in [3.8, 4) is 11.4 Å². The number of carbonyl (C=O) groups excluding carboxylic acids is 3. The maximum atomic E-state index is 14.6. The number of amides is 4. The molecule has 2 fully saturated rings. The van der Waals surface area contributed by atoms with E-state index in [1.807, 2.05) is 48.5 Å². The quantitative estimate of drug-likeness (QED) is 0.197. The van der Waals surface area contributed by atoms with Crippen LogP contribution in [-0.2, 0) is 9.59 Å². The van der Waals surface area contributed by atoms with Crippen LogP contribution in [0.5, 0.6) is 0 Å². The number of aromatic nitrogens is 4. The van der Waals surface area contributed by atoms with Gasteiger partial charge in [0.15, 0.2) is 5.82 Å². The predicted molar refractivity (Wildman–Crippen MR) is 179 cm³/mol. The lowest BCUT2D eigenvalue weighted by atomic mass is 9.83. The van der Waals surface area contributed by atoms with Gasteiger partial charge in [-0.3, -0.25) is 9.59 Å². The van der Waals surface area contributed by atoms with E-state index in [1.54, 1.807) is 23.1 Å². The Labute approximate surface area is 274 Å². The van der Waals surface area contributed by atoms with E-state index in [0.717, 1.165) is 42.4 Å². The number of likely N-dealkylation sites (tertiary alicyclic amines) is 1. The fraction of sp³-hybridized carbons (Fsp3) is 0.389. The van der Waals surface area contributed by atoms with Crippen molar-refractivity contribution in [1.29, 1.82) is 0 Å². The number of nitrogens with zero attached hydrogens (tertiary/aromatic N) is 4. The van der Waals surface area contributed by atoms with Gasteiger partial charge in [0.25, 0.3) is 0 Å². The summed E-state index contributed by atoms with van der Waals surface area (Å²) in [6.45, 7) is 4.07. The Morgan fingerprint density at radius 2 is 1.72 bits per heavy atom. The van der Waals surface area contributed by atoms with Gasteiger partial charge in [0.1, 0.15) is 12.6 Å². The van der Waals surface area contributed by atoms with Gasteiger partial charge in [-0.2, -0.15) is 0 Å². The minimum Gasteiger partial charge on any atom is -0.349 e. The van der Waals surface area contributed by atoms with Gasteiger partial charge in [-0.05, 0) is 84.7 Å². The third-order valence-electron chi connectivity index (χ3n) is 9.55. The van der Waals surface area contributed by atoms with E-state index in [2.05, 4.69) is 62.6 Å². The highest BCUT2D eigenvalue weighted by Crippen LogP contribution is 2.40. The number of tetrazole rings is 1. The van der Waals surface area contributed by atoms with Crippen LogP contribution in [0.2, 0.25) is 0 Å². The van der Waals surface area contributed by atoms with Crippen LogP contribution in [0.25, 0.3) is 11.4 Å². The Morgan fingerprint density at radius 3 is 2.47 bits per heavy atom. The molecule has 11 nitrogen and oxygen atoms in total. The van der Waals surface area contributed by atoms with Gasteiger partial charge >= 0.3 is 6.03 Å². The molecular weight excluding hydrogens is 592 g/mol. The molecule has 2 aliphatic rings. The number of benzene rings is 3. The van der Waals surface area contributed by atoms with Crippen molar-refractivity contribution in [3.63, 3.8) is 0 Å². The highest BCUT2D eigenvalue weighted by Gasteiger charge is 2.41. The molecule has 47 heavy (non-hydrogen) atoms. The van der Waals surface area contributed by atoms with Crippen molar-refractivity contribution in [3.05, 3.63) is 95.6 Å². The summed E-state index contributed by atoms with van der Waals surface area (Å²) in [5.41, 5.74) is 4.14. The van der Waals surface area contributed by atoms with Gasteiger partial charge < -0.3 is 20.9 Å². The molecule has 4 N–H and O–H groups in total. The molecule has 1 aliphatic carbocycles. The second-order valence-electron chi connectivity index (χ2n) is 13.1. The average molecular weight is 635 g/mol. The van der Waals surface area contributed by atoms with Gasteiger partial charge in [-0.1, -0.05) is 86.0 Å². The Hall–Kier alpha value is -5.06. The first kappa shape index (κ1) is 31.9. The molecule has 6 rings (SSSR count). The summed E-state index contributed by atoms with van der Waals surface area (Å²) in [7, 11) is 0. The highest BCUT2D eigenvalue weighted by molar-refractivity contribution is 5.95. The average Bonchev–Trinajstić information content (AvgIpc) is 3.58. The topological polar surface area (TPSA) is 145 Å². The number of aromatic amines is 1. The molecule has 0 spiro atoms. The molecule has 0 radical (unpaired) electrons. The number of hydrogen-bond donors (Lipinski definition) is 4. The van der Waals surface area contributed by atoms with Crippen LogP contribution in [-0.4, -0.2) is 61.5 Å². The molecule has 4 amide bonds. The van der Waals surface area contributed by atoms with Gasteiger partial charge in [0.2, 0.25) is 11.8 Å². The first-order chi connectivity index (χ1) is 22.8. The minimum absolute atomic E-state index is 0.0538. The van der Waals surface area contributed by atoms with Crippen LogP contribution in [0.4, 0.5) is 10.5 Å². The van der Waals surface area contributed by atoms with Crippen LogP contribution in [0.3, 0.4) is 0 Å². The van der Waals surface area contributed by atoms with Crippen molar-refractivity contribution < 1.29 is 14.4 Å². The van der Waals surface area contributed by atoms with E-state index in [0.29, 0.717) is 29.9 Å². The van der Waals surface area contributed by atoms with Crippen molar-refractivity contribution in [2.45, 2.75) is 82.3 Å². The smallest absolute Gasteiger partial charge is 0.319 e. The standard InChI is InChI=1S/C36H42N8O3/c1-24-12-7-8-17-29(24)27-21-30(38-35(47)37-28-16-11-15-26(20-28)33-40-42-43-41-33)34(46)44(31(22-27)25-13-5-3-6-14-25)23-32(45)39-36(2)18-9-4-10-19-36/h3,5-8,11-17,20,27,30-31H,4,9-10,18-19,21-23H2,1-2H3,(H,39,45)(H2,37,38,47)(H,40,41,42,43). The van der Waals surface area contributed by atoms with Gasteiger partial charge in [-0.25, -0.2) is 9.89 Å². The van der Waals surface area contributed by atoms with E-state index < -0.39 is 12.1 Å². The summed E-state index contributed by atoms with van der Waals surface area (Å²) < 4.78 is 0. The van der Waals surface area contributed by atoms with Crippen molar-refractivity contribution in [2.75, 3.05) is 11.9 Å². The Bertz CT molecular complexity index is 1690. The van der Waals surface area contributed by atoms with E-state index in [-0.39, 0.29) is 35.9 Å². The molecule has 11 heteroatoms. The third-order valence-corrected chi connectivity index (χ3v) is 9.55. The number of aryl methyl sites for hydroxylation is 1. The van der Waals surface area contributed by atoms with Crippen LogP contribution < -0.4 is 16.0 Å². The number of rotatable bonds is 8. The summed E-state index contributed by atoms with van der Waals surface area (Å²) in [6, 6.07) is 23.4. The number of urea groups is 1. The SMILES string of the molecule is Cc1ccccc1C1CC(NC(=O)Nc2cccc(-c3nnn[nH]3)c2)C(=O)N(CC(=O)NC2(C)CCCCC2)C(c2ccccc2)C1. The van der Waals surface area contributed by atoms with Gasteiger partial charge in [0, 0.05) is 16.8 Å². The Kier molecular flexibility index (Phi) is 9.60. The lowest BCUT2D eigenvalue weighted by molar-refractivity contribution is -0.140.